The second kappa shape index (κ2) is 4.75. The van der Waals surface area contributed by atoms with E-state index in [0.717, 1.165) is 22.8 Å². The lowest BCUT2D eigenvalue weighted by Crippen LogP contribution is -1.98. The van der Waals surface area contributed by atoms with Crippen LogP contribution in [0.4, 0.5) is 0 Å². The highest BCUT2D eigenvalue weighted by atomic mass is 16.4. The molecule has 15 heavy (non-hydrogen) atoms. The molecule has 0 aliphatic carbocycles. The van der Waals surface area contributed by atoms with E-state index in [9.17, 15) is 4.79 Å². The summed E-state index contributed by atoms with van der Waals surface area (Å²) in [7, 11) is 0. The first-order valence-corrected chi connectivity index (χ1v) is 4.66. The minimum Gasteiger partial charge on any atom is -0.478 e. The van der Waals surface area contributed by atoms with E-state index in [1.807, 2.05) is 32.0 Å². The second-order valence-corrected chi connectivity index (χ2v) is 3.48. The first-order valence-electron chi connectivity index (χ1n) is 4.66. The Morgan fingerprint density at radius 3 is 2.53 bits per heavy atom. The lowest BCUT2D eigenvalue weighted by Gasteiger charge is -2.08. The summed E-state index contributed by atoms with van der Waals surface area (Å²) in [6, 6.07) is 5.68. The van der Waals surface area contributed by atoms with Gasteiger partial charge in [0, 0.05) is 6.08 Å². The Kier molecular flexibility index (Phi) is 3.63. The Bertz CT molecular complexity index is 405. The molecular weight excluding hydrogens is 192 g/mol. The highest BCUT2D eigenvalue weighted by Crippen LogP contribution is 2.19. The monoisotopic (exact) mass is 206 g/mol. The van der Waals surface area contributed by atoms with E-state index in [-0.39, 0.29) is 6.61 Å². The van der Waals surface area contributed by atoms with Crippen LogP contribution in [-0.4, -0.2) is 22.8 Å². The second-order valence-electron chi connectivity index (χ2n) is 3.48. The van der Waals surface area contributed by atoms with Crippen LogP contribution in [0.25, 0.3) is 5.57 Å². The summed E-state index contributed by atoms with van der Waals surface area (Å²) in [6.45, 7) is 3.60. The number of hydrogen-bond donors (Lipinski definition) is 2. The van der Waals surface area contributed by atoms with Crippen molar-refractivity contribution in [3.05, 3.63) is 41.0 Å². The normalized spacial score (nSPS) is 11.5. The first kappa shape index (κ1) is 11.5. The number of aryl methyl sites for hydroxylation is 2. The fraction of sp³-hybridized carbons (Fsp3) is 0.250. The molecule has 1 rings (SSSR count). The number of hydrogen-bond acceptors (Lipinski definition) is 2. The van der Waals surface area contributed by atoms with Crippen molar-refractivity contribution in [1.82, 2.24) is 0 Å². The van der Waals surface area contributed by atoms with Crippen LogP contribution in [0.2, 0.25) is 0 Å². The van der Waals surface area contributed by atoms with E-state index in [1.165, 1.54) is 0 Å². The zero-order chi connectivity index (χ0) is 11.4. The SMILES string of the molecule is Cc1ccc(/C(=C/C(=O)O)CO)c(C)c1. The molecule has 0 radical (unpaired) electrons. The number of benzene rings is 1. The van der Waals surface area contributed by atoms with Gasteiger partial charge in [-0.25, -0.2) is 4.79 Å². The predicted octanol–water partition coefficient (Wildman–Crippen LogP) is 1.76. The molecule has 0 atom stereocenters. The van der Waals surface area contributed by atoms with Crippen LogP contribution in [0, 0.1) is 13.8 Å². The first-order chi connectivity index (χ1) is 7.04. The highest BCUT2D eigenvalue weighted by molar-refractivity contribution is 5.90. The van der Waals surface area contributed by atoms with Gasteiger partial charge in [0.05, 0.1) is 6.61 Å². The quantitative estimate of drug-likeness (QED) is 0.741. The predicted molar refractivity (Wildman–Crippen MR) is 58.6 cm³/mol. The lowest BCUT2D eigenvalue weighted by molar-refractivity contribution is -0.131. The van der Waals surface area contributed by atoms with E-state index in [0.29, 0.717) is 5.57 Å². The molecule has 0 fully saturated rings. The maximum Gasteiger partial charge on any atom is 0.328 e. The molecule has 80 valence electrons. The van der Waals surface area contributed by atoms with Gasteiger partial charge in [-0.05, 0) is 30.5 Å². The van der Waals surface area contributed by atoms with Gasteiger partial charge in [0.15, 0.2) is 0 Å². The van der Waals surface area contributed by atoms with Crippen molar-refractivity contribution in [3.63, 3.8) is 0 Å². The average molecular weight is 206 g/mol. The molecule has 0 aliphatic rings. The standard InChI is InChI=1S/C12H14O3/c1-8-3-4-11(9(2)5-8)10(7-13)6-12(14)15/h3-6,13H,7H2,1-2H3,(H,14,15)/b10-6+. The van der Waals surface area contributed by atoms with E-state index in [2.05, 4.69) is 0 Å². The molecule has 2 N–H and O–H groups in total. The van der Waals surface area contributed by atoms with Crippen LogP contribution in [0.1, 0.15) is 16.7 Å². The maximum atomic E-state index is 10.5. The largest absolute Gasteiger partial charge is 0.478 e. The number of aliphatic hydroxyl groups excluding tert-OH is 1. The fourth-order valence-electron chi connectivity index (χ4n) is 1.53. The highest BCUT2D eigenvalue weighted by Gasteiger charge is 2.06. The molecule has 0 heterocycles. The average Bonchev–Trinajstić information content (AvgIpc) is 2.14. The number of aliphatic hydroxyl groups is 1. The van der Waals surface area contributed by atoms with Crippen molar-refractivity contribution in [2.45, 2.75) is 13.8 Å². The minimum absolute atomic E-state index is 0.268. The van der Waals surface area contributed by atoms with Gasteiger partial charge in [-0.15, -0.1) is 0 Å². The Balaban J connectivity index is 3.19. The summed E-state index contributed by atoms with van der Waals surface area (Å²) < 4.78 is 0. The summed E-state index contributed by atoms with van der Waals surface area (Å²) in [4.78, 5) is 10.5. The van der Waals surface area contributed by atoms with Crippen molar-refractivity contribution in [1.29, 1.82) is 0 Å². The van der Waals surface area contributed by atoms with Gasteiger partial charge in [0.25, 0.3) is 0 Å². The number of rotatable bonds is 3. The molecule has 1 aromatic rings. The van der Waals surface area contributed by atoms with Gasteiger partial charge in [0.1, 0.15) is 0 Å². The van der Waals surface area contributed by atoms with E-state index < -0.39 is 5.97 Å². The number of aliphatic carboxylic acids is 1. The fourth-order valence-corrected chi connectivity index (χ4v) is 1.53. The molecule has 0 amide bonds. The third-order valence-electron chi connectivity index (χ3n) is 2.20. The van der Waals surface area contributed by atoms with E-state index >= 15 is 0 Å². The Labute approximate surface area is 88.7 Å². The molecule has 0 saturated heterocycles. The van der Waals surface area contributed by atoms with Gasteiger partial charge >= 0.3 is 5.97 Å². The van der Waals surface area contributed by atoms with Crippen molar-refractivity contribution < 1.29 is 15.0 Å². The summed E-state index contributed by atoms with van der Waals surface area (Å²) in [5, 5.41) is 17.7. The van der Waals surface area contributed by atoms with Crippen molar-refractivity contribution in [3.8, 4) is 0 Å². The summed E-state index contributed by atoms with van der Waals surface area (Å²) >= 11 is 0. The number of carboxylic acids is 1. The Morgan fingerprint density at radius 1 is 1.40 bits per heavy atom. The van der Waals surface area contributed by atoms with Gasteiger partial charge in [0.2, 0.25) is 0 Å². The van der Waals surface area contributed by atoms with Gasteiger partial charge < -0.3 is 10.2 Å². The molecule has 3 nitrogen and oxygen atoms in total. The van der Waals surface area contributed by atoms with E-state index in [4.69, 9.17) is 10.2 Å². The Hall–Kier alpha value is -1.61. The molecule has 0 aromatic heterocycles. The zero-order valence-corrected chi connectivity index (χ0v) is 8.82. The molecule has 0 aliphatic heterocycles. The lowest BCUT2D eigenvalue weighted by atomic mass is 9.99. The molecule has 0 bridgehead atoms. The number of carbonyl (C=O) groups is 1. The van der Waals surface area contributed by atoms with Crippen molar-refractivity contribution in [2.75, 3.05) is 6.61 Å². The maximum absolute atomic E-state index is 10.5. The van der Waals surface area contributed by atoms with Crippen LogP contribution in [0.3, 0.4) is 0 Å². The molecule has 0 unspecified atom stereocenters. The minimum atomic E-state index is -1.04. The Morgan fingerprint density at radius 2 is 2.07 bits per heavy atom. The molecule has 0 saturated carbocycles. The molecular formula is C12H14O3. The molecule has 3 heteroatoms. The smallest absolute Gasteiger partial charge is 0.328 e. The summed E-state index contributed by atoms with van der Waals surface area (Å²) in [5.74, 6) is -1.04. The van der Waals surface area contributed by atoms with Crippen molar-refractivity contribution in [2.24, 2.45) is 0 Å². The van der Waals surface area contributed by atoms with Gasteiger partial charge in [-0.2, -0.15) is 0 Å². The van der Waals surface area contributed by atoms with Crippen LogP contribution in [-0.2, 0) is 4.79 Å². The van der Waals surface area contributed by atoms with E-state index in [1.54, 1.807) is 0 Å². The molecule has 0 spiro atoms. The van der Waals surface area contributed by atoms with Gasteiger partial charge in [-0.3, -0.25) is 0 Å². The third-order valence-corrected chi connectivity index (χ3v) is 2.20. The van der Waals surface area contributed by atoms with Crippen LogP contribution in [0.15, 0.2) is 24.3 Å². The molecule has 1 aromatic carbocycles. The van der Waals surface area contributed by atoms with Crippen LogP contribution >= 0.6 is 0 Å². The number of carboxylic acid groups (broad SMARTS) is 1. The van der Waals surface area contributed by atoms with Crippen molar-refractivity contribution >= 4 is 11.5 Å². The topological polar surface area (TPSA) is 57.5 Å². The van der Waals surface area contributed by atoms with Gasteiger partial charge in [-0.1, -0.05) is 23.8 Å². The summed E-state index contributed by atoms with van der Waals surface area (Å²) in [5.41, 5.74) is 3.30. The summed E-state index contributed by atoms with van der Waals surface area (Å²) in [6.07, 6.45) is 1.04. The zero-order valence-electron chi connectivity index (χ0n) is 8.82. The van der Waals surface area contributed by atoms with Crippen LogP contribution < -0.4 is 0 Å². The third kappa shape index (κ3) is 2.92. The van der Waals surface area contributed by atoms with Crippen LogP contribution in [0.5, 0.6) is 0 Å².